The number of benzene rings is 2. The lowest BCUT2D eigenvalue weighted by molar-refractivity contribution is 0.102. The molecule has 1 aliphatic rings. The van der Waals surface area contributed by atoms with Gasteiger partial charge in [0, 0.05) is 30.0 Å². The monoisotopic (exact) mass is 430 g/mol. The van der Waals surface area contributed by atoms with Crippen LogP contribution in [-0.2, 0) is 10.0 Å². The van der Waals surface area contributed by atoms with E-state index in [-0.39, 0.29) is 11.7 Å². The molecule has 2 N–H and O–H groups in total. The summed E-state index contributed by atoms with van der Waals surface area (Å²) in [5.41, 5.74) is 2.35. The van der Waals surface area contributed by atoms with Gasteiger partial charge in [-0.1, -0.05) is 17.4 Å². The quantitative estimate of drug-likeness (QED) is 0.619. The highest BCUT2D eigenvalue weighted by atomic mass is 32.2. The summed E-state index contributed by atoms with van der Waals surface area (Å²) in [6.07, 6.45) is 2.40. The average molecular weight is 431 g/mol. The molecule has 0 saturated carbocycles. The fraction of sp³-hybridized carbons (Fsp3) is 0.300. The van der Waals surface area contributed by atoms with E-state index in [0.717, 1.165) is 28.4 Å². The summed E-state index contributed by atoms with van der Waals surface area (Å²) < 4.78 is 27.0. The van der Waals surface area contributed by atoms with Crippen LogP contribution in [0.5, 0.6) is 0 Å². The number of carbonyl (C=O) groups excluding carboxylic acids is 1. The molecular formula is C20H22N4O3S2. The topological polar surface area (TPSA) is 91.4 Å². The molecule has 29 heavy (non-hydrogen) atoms. The molecule has 0 aliphatic carbocycles. The fourth-order valence-corrected chi connectivity index (χ4v) is 4.90. The maximum Gasteiger partial charge on any atom is 0.255 e. The standard InChI is InChI=1S/C20H22N4O3S2/c1-2-29(26,27)23-16-7-5-6-14(12-16)19(25)21-15-8-9-17-18(13-15)28-20(22-17)24-10-3-4-11-24/h5-9,12-13,23H,2-4,10-11H2,1H3,(H,21,25). The molecule has 0 unspecified atom stereocenters. The molecule has 3 aromatic rings. The smallest absolute Gasteiger partial charge is 0.255 e. The Bertz CT molecular complexity index is 1150. The molecule has 1 aromatic heterocycles. The number of aromatic nitrogens is 1. The minimum Gasteiger partial charge on any atom is -0.348 e. The Morgan fingerprint density at radius 2 is 1.93 bits per heavy atom. The van der Waals surface area contributed by atoms with Crippen LogP contribution in [0.4, 0.5) is 16.5 Å². The van der Waals surface area contributed by atoms with Crippen LogP contribution in [0.15, 0.2) is 42.5 Å². The van der Waals surface area contributed by atoms with Crippen molar-refractivity contribution in [1.82, 2.24) is 4.98 Å². The number of hydrogen-bond acceptors (Lipinski definition) is 6. The largest absolute Gasteiger partial charge is 0.348 e. The van der Waals surface area contributed by atoms with Crippen LogP contribution in [0.25, 0.3) is 10.2 Å². The van der Waals surface area contributed by atoms with Crippen molar-refractivity contribution in [3.05, 3.63) is 48.0 Å². The van der Waals surface area contributed by atoms with Crippen molar-refractivity contribution in [2.24, 2.45) is 0 Å². The van der Waals surface area contributed by atoms with Crippen LogP contribution in [0.1, 0.15) is 30.1 Å². The van der Waals surface area contributed by atoms with Crippen molar-refractivity contribution in [2.75, 3.05) is 33.8 Å². The van der Waals surface area contributed by atoms with E-state index in [0.29, 0.717) is 16.9 Å². The third-order valence-electron chi connectivity index (χ3n) is 4.79. The van der Waals surface area contributed by atoms with E-state index in [1.165, 1.54) is 18.9 Å². The number of amides is 1. The Hall–Kier alpha value is -2.65. The van der Waals surface area contributed by atoms with Crippen LogP contribution in [0, 0.1) is 0 Å². The second-order valence-corrected chi connectivity index (χ2v) is 9.93. The maximum absolute atomic E-state index is 12.6. The molecule has 1 aliphatic heterocycles. The van der Waals surface area contributed by atoms with E-state index < -0.39 is 10.0 Å². The van der Waals surface area contributed by atoms with Gasteiger partial charge in [0.05, 0.1) is 16.0 Å². The summed E-state index contributed by atoms with van der Waals surface area (Å²) in [5, 5.41) is 3.91. The van der Waals surface area contributed by atoms with Crippen molar-refractivity contribution in [3.8, 4) is 0 Å². The molecule has 1 saturated heterocycles. The number of carbonyl (C=O) groups is 1. The first-order chi connectivity index (χ1) is 13.9. The lowest BCUT2D eigenvalue weighted by Crippen LogP contribution is -2.16. The summed E-state index contributed by atoms with van der Waals surface area (Å²) in [4.78, 5) is 19.6. The molecule has 0 radical (unpaired) electrons. The molecule has 9 heteroatoms. The summed E-state index contributed by atoms with van der Waals surface area (Å²) >= 11 is 1.63. The number of anilines is 3. The molecule has 4 rings (SSSR count). The van der Waals surface area contributed by atoms with E-state index in [2.05, 4.69) is 14.9 Å². The second kappa shape index (κ2) is 8.00. The van der Waals surface area contributed by atoms with Gasteiger partial charge in [-0.2, -0.15) is 0 Å². The zero-order chi connectivity index (χ0) is 20.4. The van der Waals surface area contributed by atoms with Gasteiger partial charge in [-0.25, -0.2) is 13.4 Å². The summed E-state index contributed by atoms with van der Waals surface area (Å²) in [6.45, 7) is 3.65. The number of rotatable bonds is 6. The van der Waals surface area contributed by atoms with Crippen LogP contribution >= 0.6 is 11.3 Å². The second-order valence-electron chi connectivity index (χ2n) is 6.91. The van der Waals surface area contributed by atoms with Gasteiger partial charge >= 0.3 is 0 Å². The van der Waals surface area contributed by atoms with Gasteiger partial charge < -0.3 is 10.2 Å². The Balaban J connectivity index is 1.51. The average Bonchev–Trinajstić information content (AvgIpc) is 3.37. The van der Waals surface area contributed by atoms with E-state index in [4.69, 9.17) is 4.98 Å². The minimum atomic E-state index is -3.39. The predicted octanol–water partition coefficient (Wildman–Crippen LogP) is 3.91. The number of nitrogens with zero attached hydrogens (tertiary/aromatic N) is 2. The van der Waals surface area contributed by atoms with E-state index >= 15 is 0 Å². The Morgan fingerprint density at radius 3 is 2.69 bits per heavy atom. The van der Waals surface area contributed by atoms with Gasteiger partial charge in [-0.05, 0) is 56.2 Å². The van der Waals surface area contributed by atoms with Crippen molar-refractivity contribution in [1.29, 1.82) is 0 Å². The number of sulfonamides is 1. The zero-order valence-electron chi connectivity index (χ0n) is 16.0. The summed E-state index contributed by atoms with van der Waals surface area (Å²) in [7, 11) is -3.39. The van der Waals surface area contributed by atoms with Gasteiger partial charge in [-0.3, -0.25) is 9.52 Å². The van der Waals surface area contributed by atoms with Gasteiger partial charge in [0.15, 0.2) is 5.13 Å². The highest BCUT2D eigenvalue weighted by Crippen LogP contribution is 2.32. The van der Waals surface area contributed by atoms with Crippen molar-refractivity contribution in [2.45, 2.75) is 19.8 Å². The summed E-state index contributed by atoms with van der Waals surface area (Å²) in [5.74, 6) is -0.330. The molecule has 7 nitrogen and oxygen atoms in total. The van der Waals surface area contributed by atoms with Crippen LogP contribution < -0.4 is 14.9 Å². The highest BCUT2D eigenvalue weighted by molar-refractivity contribution is 7.92. The minimum absolute atomic E-state index is 0.0301. The number of nitrogens with one attached hydrogen (secondary N) is 2. The van der Waals surface area contributed by atoms with Gasteiger partial charge in [0.2, 0.25) is 10.0 Å². The molecule has 152 valence electrons. The van der Waals surface area contributed by atoms with Crippen molar-refractivity contribution in [3.63, 3.8) is 0 Å². The molecule has 2 heterocycles. The molecule has 0 bridgehead atoms. The molecule has 1 amide bonds. The van der Waals surface area contributed by atoms with Crippen molar-refractivity contribution < 1.29 is 13.2 Å². The lowest BCUT2D eigenvalue weighted by atomic mass is 10.2. The molecule has 1 fully saturated rings. The number of hydrogen-bond donors (Lipinski definition) is 2. The molecular weight excluding hydrogens is 408 g/mol. The highest BCUT2D eigenvalue weighted by Gasteiger charge is 2.17. The van der Waals surface area contributed by atoms with E-state index in [1.54, 1.807) is 36.5 Å². The number of thiazole rings is 1. The molecule has 0 atom stereocenters. The Morgan fingerprint density at radius 1 is 1.14 bits per heavy atom. The molecule has 2 aromatic carbocycles. The first kappa shape index (κ1) is 19.7. The maximum atomic E-state index is 12.6. The van der Waals surface area contributed by atoms with Crippen LogP contribution in [0.3, 0.4) is 0 Å². The summed E-state index contributed by atoms with van der Waals surface area (Å²) in [6, 6.07) is 12.1. The van der Waals surface area contributed by atoms with Gasteiger partial charge in [0.1, 0.15) is 0 Å². The van der Waals surface area contributed by atoms with Crippen molar-refractivity contribution >= 4 is 54.0 Å². The van der Waals surface area contributed by atoms with E-state index in [1.807, 2.05) is 18.2 Å². The Labute approximate surface area is 173 Å². The van der Waals surface area contributed by atoms with E-state index in [9.17, 15) is 13.2 Å². The number of fused-ring (bicyclic) bond motifs is 1. The normalized spacial score (nSPS) is 14.3. The molecule has 0 spiro atoms. The Kier molecular flexibility index (Phi) is 5.42. The van der Waals surface area contributed by atoms with Gasteiger partial charge in [0.25, 0.3) is 5.91 Å². The van der Waals surface area contributed by atoms with Crippen LogP contribution in [-0.4, -0.2) is 38.2 Å². The third-order valence-corrected chi connectivity index (χ3v) is 7.18. The third kappa shape index (κ3) is 4.51. The van der Waals surface area contributed by atoms with Gasteiger partial charge in [-0.15, -0.1) is 0 Å². The lowest BCUT2D eigenvalue weighted by Gasteiger charge is -2.11. The van der Waals surface area contributed by atoms with Crippen LogP contribution in [0.2, 0.25) is 0 Å². The predicted molar refractivity (Wildman–Crippen MR) is 119 cm³/mol. The first-order valence-corrected chi connectivity index (χ1v) is 12.0. The SMILES string of the molecule is CCS(=O)(=O)Nc1cccc(C(=O)Nc2ccc3nc(N4CCCC4)sc3c2)c1. The first-order valence-electron chi connectivity index (χ1n) is 9.51. The zero-order valence-corrected chi connectivity index (χ0v) is 17.6. The fourth-order valence-electron chi connectivity index (χ4n) is 3.21.